The molecule has 2 aromatic heterocycles. The number of benzene rings is 2. The monoisotopic (exact) mass is 667 g/mol. The van der Waals surface area contributed by atoms with Crippen LogP contribution < -0.4 is 10.1 Å². The summed E-state index contributed by atoms with van der Waals surface area (Å²) in [6.07, 6.45) is 5.95. The van der Waals surface area contributed by atoms with Crippen molar-refractivity contribution in [1.82, 2.24) is 24.2 Å². The average Bonchev–Trinajstić information content (AvgIpc) is 3.50. The van der Waals surface area contributed by atoms with E-state index < -0.39 is 24.2 Å². The number of rotatable bonds is 13. The molecule has 1 aliphatic heterocycles. The Morgan fingerprint density at radius 2 is 2.04 bits per heavy atom. The van der Waals surface area contributed by atoms with Crippen molar-refractivity contribution in [3.05, 3.63) is 71.1 Å². The second-order valence-electron chi connectivity index (χ2n) is 10.9. The Balaban J connectivity index is 1.19. The van der Waals surface area contributed by atoms with Gasteiger partial charge in [-0.2, -0.15) is 9.65 Å². The number of imidazole rings is 1. The fourth-order valence-corrected chi connectivity index (χ4v) is 5.59. The first-order valence-corrected chi connectivity index (χ1v) is 15.2. The zero-order valence-electron chi connectivity index (χ0n) is 25.5. The van der Waals surface area contributed by atoms with E-state index >= 15 is 0 Å². The van der Waals surface area contributed by atoms with E-state index in [4.69, 9.17) is 26.3 Å². The highest BCUT2D eigenvalue weighted by molar-refractivity contribution is 6.34. The molecular formula is C32H32ClF2N7O5. The molecule has 15 heteroatoms. The molecule has 1 aliphatic rings. The first kappa shape index (κ1) is 33.5. The van der Waals surface area contributed by atoms with E-state index in [1.54, 1.807) is 41.9 Å². The number of nitriles is 1. The van der Waals surface area contributed by atoms with Crippen molar-refractivity contribution in [2.75, 3.05) is 58.4 Å². The minimum Gasteiger partial charge on any atom is -0.481 e. The first-order valence-electron chi connectivity index (χ1n) is 14.8. The van der Waals surface area contributed by atoms with Crippen molar-refractivity contribution >= 4 is 40.6 Å². The molecule has 246 valence electrons. The summed E-state index contributed by atoms with van der Waals surface area (Å²) in [5, 5.41) is 21.2. The topological polar surface area (TPSA) is 145 Å². The summed E-state index contributed by atoms with van der Waals surface area (Å²) in [6.45, 7) is 2.66. The summed E-state index contributed by atoms with van der Waals surface area (Å²) in [6, 6.07) is 9.13. The van der Waals surface area contributed by atoms with Crippen LogP contribution in [0.25, 0.3) is 16.9 Å². The molecule has 0 spiro atoms. The summed E-state index contributed by atoms with van der Waals surface area (Å²) < 4.78 is 41.7. The molecule has 0 radical (unpaired) electrons. The van der Waals surface area contributed by atoms with Gasteiger partial charge in [-0.3, -0.25) is 14.0 Å². The van der Waals surface area contributed by atoms with E-state index in [0.29, 0.717) is 62.0 Å². The van der Waals surface area contributed by atoms with Gasteiger partial charge in [0.1, 0.15) is 6.07 Å². The van der Waals surface area contributed by atoms with Crippen LogP contribution >= 0.6 is 11.6 Å². The number of aliphatic carboxylic acids is 1. The van der Waals surface area contributed by atoms with Gasteiger partial charge in [-0.1, -0.05) is 11.6 Å². The van der Waals surface area contributed by atoms with E-state index in [1.807, 2.05) is 0 Å². The van der Waals surface area contributed by atoms with Gasteiger partial charge >= 0.3 is 5.97 Å². The number of likely N-dealkylation sites (N-methyl/N-ethyl adjacent to an activating group) is 1. The van der Waals surface area contributed by atoms with Crippen molar-refractivity contribution in [3.63, 3.8) is 0 Å². The largest absolute Gasteiger partial charge is 0.481 e. The molecule has 1 unspecified atom stereocenters. The third-order valence-electron chi connectivity index (χ3n) is 7.83. The molecule has 4 aromatic rings. The molecule has 3 heterocycles. The fraction of sp³-hybridized carbons (Fsp3) is 0.344. The summed E-state index contributed by atoms with van der Waals surface area (Å²) >= 11 is 6.50. The lowest BCUT2D eigenvalue weighted by atomic mass is 9.98. The lowest BCUT2D eigenvalue weighted by molar-refractivity contribution is -0.143. The van der Waals surface area contributed by atoms with Crippen molar-refractivity contribution in [3.8, 4) is 23.1 Å². The molecule has 12 nitrogen and oxygen atoms in total. The van der Waals surface area contributed by atoms with E-state index in [0.717, 1.165) is 13.0 Å². The quantitative estimate of drug-likeness (QED) is 0.190. The maximum absolute atomic E-state index is 15.0. The second-order valence-corrected chi connectivity index (χ2v) is 11.3. The maximum Gasteiger partial charge on any atom is 0.307 e. The van der Waals surface area contributed by atoms with Crippen molar-refractivity contribution in [1.29, 1.82) is 5.26 Å². The standard InChI is InChI=1S/C32H32ClF2N7O5/c1-40(12-15-46-16-13-41-10-2-3-20(19-41)32(44)45)31(43)22-5-4-21(17-24(22)33)39-29-30-38-18-25(42(30)11-9-37-29)23-6-7-26(47-14-8-36)28(35)27(23)34/h4-7,9,11,17-18,20H,2-3,10,12-16,19H2,1H3,(H,37,39)(H,44,45). The Morgan fingerprint density at radius 1 is 1.21 bits per heavy atom. The van der Waals surface area contributed by atoms with Crippen LogP contribution in [0.3, 0.4) is 0 Å². The number of piperidine rings is 1. The number of nitrogens with one attached hydrogen (secondary N) is 1. The molecule has 0 bridgehead atoms. The number of halogens is 3. The number of hydrogen-bond donors (Lipinski definition) is 2. The number of amides is 1. The number of ether oxygens (including phenoxy) is 2. The Kier molecular flexibility index (Phi) is 10.8. The van der Waals surface area contributed by atoms with E-state index in [1.165, 1.54) is 29.4 Å². The summed E-state index contributed by atoms with van der Waals surface area (Å²) in [7, 11) is 1.65. The highest BCUT2D eigenvalue weighted by Gasteiger charge is 2.25. The number of carboxylic acid groups (broad SMARTS) is 1. The molecule has 2 aromatic carbocycles. The smallest absolute Gasteiger partial charge is 0.307 e. The lowest BCUT2D eigenvalue weighted by Gasteiger charge is -2.30. The summed E-state index contributed by atoms with van der Waals surface area (Å²) in [4.78, 5) is 36.6. The van der Waals surface area contributed by atoms with Crippen LogP contribution in [0.1, 0.15) is 23.2 Å². The Bertz CT molecular complexity index is 1810. The van der Waals surface area contributed by atoms with E-state index in [2.05, 4.69) is 20.2 Å². The molecule has 1 fully saturated rings. The fourth-order valence-electron chi connectivity index (χ4n) is 5.33. The van der Waals surface area contributed by atoms with Gasteiger partial charge < -0.3 is 29.7 Å². The van der Waals surface area contributed by atoms with Gasteiger partial charge in [0.25, 0.3) is 5.91 Å². The number of nitrogens with zero attached hydrogens (tertiary/aromatic N) is 6. The predicted octanol–water partition coefficient (Wildman–Crippen LogP) is 4.86. The second kappa shape index (κ2) is 15.2. The van der Waals surface area contributed by atoms with Gasteiger partial charge in [0.15, 0.2) is 29.6 Å². The Morgan fingerprint density at radius 3 is 2.81 bits per heavy atom. The predicted molar refractivity (Wildman–Crippen MR) is 169 cm³/mol. The third-order valence-corrected chi connectivity index (χ3v) is 8.14. The number of hydrogen-bond acceptors (Lipinski definition) is 9. The van der Waals surface area contributed by atoms with Gasteiger partial charge in [-0.15, -0.1) is 0 Å². The SMILES string of the molecule is CN(CCOCCN1CCCC(C(=O)O)C1)C(=O)c1ccc(Nc2nccn3c(-c4ccc(OCC#N)c(F)c4F)cnc23)cc1Cl. The maximum atomic E-state index is 15.0. The highest BCUT2D eigenvalue weighted by Crippen LogP contribution is 2.32. The van der Waals surface area contributed by atoms with E-state index in [-0.39, 0.29) is 33.9 Å². The summed E-state index contributed by atoms with van der Waals surface area (Å²) in [5.41, 5.74) is 1.33. The van der Waals surface area contributed by atoms with Gasteiger partial charge in [0.05, 0.1) is 41.6 Å². The average molecular weight is 668 g/mol. The Hall–Kier alpha value is -4.84. The number of anilines is 2. The molecule has 0 aliphatic carbocycles. The molecule has 1 amide bonds. The number of carboxylic acids is 1. The van der Waals surface area contributed by atoms with Crippen molar-refractivity contribution < 1.29 is 33.0 Å². The van der Waals surface area contributed by atoms with Gasteiger partial charge in [0, 0.05) is 50.3 Å². The normalized spacial score (nSPS) is 14.9. The van der Waals surface area contributed by atoms with Crippen LogP contribution in [0.2, 0.25) is 5.02 Å². The van der Waals surface area contributed by atoms with Crippen molar-refractivity contribution in [2.24, 2.45) is 5.92 Å². The number of fused-ring (bicyclic) bond motifs is 1. The van der Waals surface area contributed by atoms with Crippen molar-refractivity contribution in [2.45, 2.75) is 12.8 Å². The molecule has 0 saturated carbocycles. The van der Waals surface area contributed by atoms with Crippen LogP contribution in [0, 0.1) is 28.9 Å². The van der Waals surface area contributed by atoms with Gasteiger partial charge in [-0.05, 0) is 49.7 Å². The summed E-state index contributed by atoms with van der Waals surface area (Å²) in [5.74, 6) is -3.82. The molecule has 47 heavy (non-hydrogen) atoms. The number of aromatic nitrogens is 3. The molecular weight excluding hydrogens is 636 g/mol. The number of carbonyl (C=O) groups is 2. The first-order chi connectivity index (χ1) is 22.7. The van der Waals surface area contributed by atoms with Crippen LogP contribution in [0.5, 0.6) is 5.75 Å². The molecule has 1 atom stereocenters. The molecule has 2 N–H and O–H groups in total. The number of carbonyl (C=O) groups excluding carboxylic acids is 1. The lowest BCUT2D eigenvalue weighted by Crippen LogP contribution is -2.40. The highest BCUT2D eigenvalue weighted by atomic mass is 35.5. The minimum atomic E-state index is -1.22. The van der Waals surface area contributed by atoms with Gasteiger partial charge in [-0.25, -0.2) is 14.4 Å². The molecule has 1 saturated heterocycles. The van der Waals surface area contributed by atoms with E-state index in [9.17, 15) is 23.5 Å². The third kappa shape index (κ3) is 7.76. The Labute approximate surface area is 274 Å². The van der Waals surface area contributed by atoms with Crippen LogP contribution in [0.4, 0.5) is 20.3 Å². The zero-order valence-corrected chi connectivity index (χ0v) is 26.2. The van der Waals surface area contributed by atoms with Gasteiger partial charge in [0.2, 0.25) is 5.82 Å². The van der Waals surface area contributed by atoms with Crippen LogP contribution in [-0.4, -0.2) is 94.2 Å². The molecule has 5 rings (SSSR count). The van der Waals surface area contributed by atoms with Crippen LogP contribution in [-0.2, 0) is 9.53 Å². The van der Waals surface area contributed by atoms with Crippen LogP contribution in [0.15, 0.2) is 48.9 Å². The number of likely N-dealkylation sites (tertiary alicyclic amines) is 1. The minimum absolute atomic E-state index is 0.0623. The zero-order chi connectivity index (χ0) is 33.5.